The topological polar surface area (TPSA) is 61.4 Å². The minimum absolute atomic E-state index is 0.0963. The summed E-state index contributed by atoms with van der Waals surface area (Å²) >= 11 is 0. The molecule has 1 atom stereocenters. The van der Waals surface area contributed by atoms with Gasteiger partial charge in [-0.2, -0.15) is 13.2 Å². The molecular weight excluding hydrogens is 189 g/mol. The largest absolute Gasteiger partial charge is 0.478 e. The molecule has 3 N–H and O–H groups in total. The van der Waals surface area contributed by atoms with Crippen molar-refractivity contribution >= 4 is 5.97 Å². The molecule has 0 radical (unpaired) electrons. The standard InChI is InChI=1S/C6H7F3N2O2/c7-6(8,9)4-3(5(12)13)1-10-2-11-4/h1,4,10-11H,2H2,(H,12,13). The third-order valence-corrected chi connectivity index (χ3v) is 1.55. The van der Waals surface area contributed by atoms with Gasteiger partial charge in [0.2, 0.25) is 0 Å². The molecule has 0 aromatic rings. The summed E-state index contributed by atoms with van der Waals surface area (Å²) in [7, 11) is 0. The number of aliphatic carboxylic acids is 1. The van der Waals surface area contributed by atoms with Crippen LogP contribution in [0.4, 0.5) is 13.2 Å². The second-order valence-corrected chi connectivity index (χ2v) is 2.46. The first-order valence-electron chi connectivity index (χ1n) is 3.40. The number of alkyl halides is 3. The highest BCUT2D eigenvalue weighted by Crippen LogP contribution is 2.26. The molecule has 0 saturated heterocycles. The molecular formula is C6H7F3N2O2. The lowest BCUT2D eigenvalue weighted by Gasteiger charge is -2.25. The molecule has 1 heterocycles. The molecule has 7 heteroatoms. The first kappa shape index (κ1) is 9.85. The van der Waals surface area contributed by atoms with Gasteiger partial charge in [-0.25, -0.2) is 4.79 Å². The highest BCUT2D eigenvalue weighted by Gasteiger charge is 2.45. The van der Waals surface area contributed by atoms with Gasteiger partial charge in [-0.05, 0) is 0 Å². The van der Waals surface area contributed by atoms with E-state index in [0.29, 0.717) is 0 Å². The summed E-state index contributed by atoms with van der Waals surface area (Å²) in [4.78, 5) is 10.4. The van der Waals surface area contributed by atoms with E-state index in [2.05, 4.69) is 5.32 Å². The molecule has 0 saturated carbocycles. The number of nitrogens with one attached hydrogen (secondary N) is 2. The fraction of sp³-hybridized carbons (Fsp3) is 0.500. The predicted octanol–water partition coefficient (Wildman–Crippen LogP) is 0.0361. The molecule has 0 aromatic carbocycles. The fourth-order valence-corrected chi connectivity index (χ4v) is 0.993. The number of carbonyl (C=O) groups is 1. The molecule has 74 valence electrons. The third kappa shape index (κ3) is 2.11. The molecule has 13 heavy (non-hydrogen) atoms. The van der Waals surface area contributed by atoms with Crippen molar-refractivity contribution in [3.8, 4) is 0 Å². The predicted molar refractivity (Wildman–Crippen MR) is 36.7 cm³/mol. The van der Waals surface area contributed by atoms with Crippen LogP contribution < -0.4 is 10.6 Å². The minimum Gasteiger partial charge on any atom is -0.478 e. The van der Waals surface area contributed by atoms with Crippen molar-refractivity contribution in [1.29, 1.82) is 0 Å². The number of rotatable bonds is 1. The number of hydrogen-bond donors (Lipinski definition) is 3. The van der Waals surface area contributed by atoms with E-state index in [9.17, 15) is 18.0 Å². The van der Waals surface area contributed by atoms with E-state index in [4.69, 9.17) is 5.11 Å². The van der Waals surface area contributed by atoms with Crippen molar-refractivity contribution in [1.82, 2.24) is 10.6 Å². The maximum atomic E-state index is 12.2. The van der Waals surface area contributed by atoms with Crippen LogP contribution in [0.25, 0.3) is 0 Å². The molecule has 0 spiro atoms. The second kappa shape index (κ2) is 3.25. The van der Waals surface area contributed by atoms with Gasteiger partial charge in [0, 0.05) is 6.20 Å². The summed E-state index contributed by atoms with van der Waals surface area (Å²) in [6, 6.07) is -2.09. The summed E-state index contributed by atoms with van der Waals surface area (Å²) in [5.41, 5.74) is -0.723. The monoisotopic (exact) mass is 196 g/mol. The smallest absolute Gasteiger partial charge is 0.408 e. The van der Waals surface area contributed by atoms with Crippen molar-refractivity contribution in [2.45, 2.75) is 12.2 Å². The van der Waals surface area contributed by atoms with Crippen LogP contribution >= 0.6 is 0 Å². The van der Waals surface area contributed by atoms with Gasteiger partial charge in [-0.1, -0.05) is 0 Å². The maximum Gasteiger partial charge on any atom is 0.408 e. The van der Waals surface area contributed by atoms with Gasteiger partial charge in [0.1, 0.15) is 6.04 Å². The van der Waals surface area contributed by atoms with Crippen molar-refractivity contribution in [3.05, 3.63) is 11.8 Å². The minimum atomic E-state index is -4.58. The maximum absolute atomic E-state index is 12.2. The number of hydrogen-bond acceptors (Lipinski definition) is 3. The van der Waals surface area contributed by atoms with Gasteiger partial charge >= 0.3 is 12.1 Å². The van der Waals surface area contributed by atoms with Gasteiger partial charge in [0.05, 0.1) is 12.2 Å². The number of carboxylic acid groups (broad SMARTS) is 1. The lowest BCUT2D eigenvalue weighted by molar-refractivity contribution is -0.156. The van der Waals surface area contributed by atoms with Gasteiger partial charge in [-0.15, -0.1) is 0 Å². The second-order valence-electron chi connectivity index (χ2n) is 2.46. The van der Waals surface area contributed by atoms with E-state index < -0.39 is 23.8 Å². The summed E-state index contributed by atoms with van der Waals surface area (Å²) < 4.78 is 36.5. The zero-order valence-electron chi connectivity index (χ0n) is 6.35. The average molecular weight is 196 g/mol. The normalized spacial score (nSPS) is 23.3. The molecule has 1 unspecified atom stereocenters. The molecule has 0 fully saturated rings. The van der Waals surface area contributed by atoms with Gasteiger partial charge < -0.3 is 10.4 Å². The van der Waals surface area contributed by atoms with E-state index in [1.54, 1.807) is 0 Å². The van der Waals surface area contributed by atoms with Crippen LogP contribution in [-0.2, 0) is 4.79 Å². The van der Waals surface area contributed by atoms with Crippen LogP contribution in [0, 0.1) is 0 Å². The van der Waals surface area contributed by atoms with E-state index in [0.717, 1.165) is 6.20 Å². The Hall–Kier alpha value is -1.24. The highest BCUT2D eigenvalue weighted by molar-refractivity contribution is 5.88. The van der Waals surface area contributed by atoms with E-state index in [-0.39, 0.29) is 6.67 Å². The summed E-state index contributed by atoms with van der Waals surface area (Å²) in [6.07, 6.45) is -3.72. The quantitative estimate of drug-likeness (QED) is 0.554. The zero-order chi connectivity index (χ0) is 10.1. The zero-order valence-corrected chi connectivity index (χ0v) is 6.35. The first-order valence-corrected chi connectivity index (χ1v) is 3.40. The fourth-order valence-electron chi connectivity index (χ4n) is 0.993. The molecule has 4 nitrogen and oxygen atoms in total. The lowest BCUT2D eigenvalue weighted by atomic mass is 10.1. The van der Waals surface area contributed by atoms with Crippen molar-refractivity contribution in [3.63, 3.8) is 0 Å². The van der Waals surface area contributed by atoms with Gasteiger partial charge in [0.25, 0.3) is 0 Å². The first-order chi connectivity index (χ1) is 5.93. The molecule has 1 aliphatic rings. The Balaban J connectivity index is 2.89. The van der Waals surface area contributed by atoms with Crippen LogP contribution in [0.5, 0.6) is 0 Å². The lowest BCUT2D eigenvalue weighted by Crippen LogP contribution is -2.51. The van der Waals surface area contributed by atoms with Crippen LogP contribution in [0.2, 0.25) is 0 Å². The van der Waals surface area contributed by atoms with Crippen molar-refractivity contribution in [2.75, 3.05) is 6.67 Å². The average Bonchev–Trinajstić information content (AvgIpc) is 2.03. The van der Waals surface area contributed by atoms with Crippen molar-refractivity contribution < 1.29 is 23.1 Å². The molecule has 0 aromatic heterocycles. The Kier molecular flexibility index (Phi) is 2.46. The van der Waals surface area contributed by atoms with Crippen LogP contribution in [0.15, 0.2) is 11.8 Å². The summed E-state index contributed by atoms with van der Waals surface area (Å²) in [5, 5.41) is 12.8. The molecule has 1 aliphatic heterocycles. The third-order valence-electron chi connectivity index (χ3n) is 1.55. The van der Waals surface area contributed by atoms with Gasteiger partial charge in [-0.3, -0.25) is 5.32 Å². The Morgan fingerprint density at radius 3 is 2.62 bits per heavy atom. The Morgan fingerprint density at radius 2 is 2.23 bits per heavy atom. The Morgan fingerprint density at radius 1 is 1.62 bits per heavy atom. The van der Waals surface area contributed by atoms with Crippen LogP contribution in [0.1, 0.15) is 0 Å². The summed E-state index contributed by atoms with van der Waals surface area (Å²) in [6.45, 7) is -0.0963. The van der Waals surface area contributed by atoms with E-state index in [1.807, 2.05) is 5.32 Å². The highest BCUT2D eigenvalue weighted by atomic mass is 19.4. The SMILES string of the molecule is O=C(O)C1=CNCNC1C(F)(F)F. The van der Waals surface area contributed by atoms with Crippen LogP contribution in [-0.4, -0.2) is 30.0 Å². The Bertz CT molecular complexity index is 249. The molecule has 0 aliphatic carbocycles. The molecule has 0 bridgehead atoms. The Labute approximate surface area is 71.4 Å². The van der Waals surface area contributed by atoms with E-state index >= 15 is 0 Å². The number of carboxylic acids is 1. The van der Waals surface area contributed by atoms with Crippen molar-refractivity contribution in [2.24, 2.45) is 0 Å². The summed E-state index contributed by atoms with van der Waals surface area (Å²) in [5.74, 6) is -1.58. The van der Waals surface area contributed by atoms with Crippen LogP contribution in [0.3, 0.4) is 0 Å². The van der Waals surface area contributed by atoms with E-state index in [1.165, 1.54) is 0 Å². The van der Waals surface area contributed by atoms with Gasteiger partial charge in [0.15, 0.2) is 0 Å². The molecule has 1 rings (SSSR count). The number of halogens is 3. The molecule has 0 amide bonds.